The van der Waals surface area contributed by atoms with Crippen molar-refractivity contribution in [3.8, 4) is 0 Å². The van der Waals surface area contributed by atoms with E-state index >= 15 is 0 Å². The Morgan fingerprint density at radius 3 is 2.20 bits per heavy atom. The fourth-order valence-corrected chi connectivity index (χ4v) is 4.37. The Balaban J connectivity index is 2.34. The van der Waals surface area contributed by atoms with Gasteiger partial charge in [-0.25, -0.2) is 0 Å². The van der Waals surface area contributed by atoms with Gasteiger partial charge in [0.05, 0.1) is 25.4 Å². The molecule has 0 radical (unpaired) electrons. The van der Waals surface area contributed by atoms with Crippen LogP contribution in [0.2, 0.25) is 0 Å². The SMILES string of the molecule is COC(=O)C1(C(=O)OC)c2cc(C)ccc2C(=O)n2c1c(C(C)=O)c1ccccc12. The Morgan fingerprint density at radius 1 is 0.967 bits per heavy atom. The van der Waals surface area contributed by atoms with Crippen LogP contribution in [0.4, 0.5) is 0 Å². The number of benzene rings is 2. The average molecular weight is 405 g/mol. The summed E-state index contributed by atoms with van der Waals surface area (Å²) in [5.41, 5.74) is -0.596. The zero-order chi connectivity index (χ0) is 21.8. The van der Waals surface area contributed by atoms with Crippen molar-refractivity contribution in [2.45, 2.75) is 19.3 Å². The molecule has 3 aromatic rings. The van der Waals surface area contributed by atoms with E-state index in [2.05, 4.69) is 0 Å². The van der Waals surface area contributed by atoms with E-state index in [0.29, 0.717) is 10.9 Å². The Labute approximate surface area is 172 Å². The first-order valence-electron chi connectivity index (χ1n) is 9.28. The van der Waals surface area contributed by atoms with Gasteiger partial charge in [0.25, 0.3) is 5.91 Å². The third kappa shape index (κ3) is 2.26. The molecule has 0 atom stereocenters. The smallest absolute Gasteiger partial charge is 0.334 e. The predicted octanol–water partition coefficient (Wildman–Crippen LogP) is 2.79. The number of carbonyl (C=O) groups excluding carboxylic acids is 4. The molecule has 1 aliphatic rings. The average Bonchev–Trinajstić information content (AvgIpc) is 3.09. The molecule has 30 heavy (non-hydrogen) atoms. The Bertz CT molecular complexity index is 1250. The van der Waals surface area contributed by atoms with Gasteiger partial charge in [-0.3, -0.25) is 23.7 Å². The van der Waals surface area contributed by atoms with Crippen molar-refractivity contribution in [2.75, 3.05) is 14.2 Å². The van der Waals surface area contributed by atoms with Crippen molar-refractivity contribution in [2.24, 2.45) is 0 Å². The van der Waals surface area contributed by atoms with Crippen molar-refractivity contribution in [3.05, 3.63) is 70.4 Å². The number of methoxy groups -OCH3 is 2. The van der Waals surface area contributed by atoms with Crippen LogP contribution in [-0.2, 0) is 24.5 Å². The third-order valence-corrected chi connectivity index (χ3v) is 5.58. The number of Topliss-reactive ketones (excluding diaryl/α,β-unsaturated/α-hetero) is 1. The van der Waals surface area contributed by atoms with E-state index in [0.717, 1.165) is 19.8 Å². The van der Waals surface area contributed by atoms with E-state index in [1.165, 1.54) is 11.5 Å². The highest BCUT2D eigenvalue weighted by Gasteiger charge is 2.60. The number of ether oxygens (including phenoxy) is 2. The topological polar surface area (TPSA) is 91.7 Å². The number of fused-ring (bicyclic) bond motifs is 4. The molecule has 0 bridgehead atoms. The Kier molecular flexibility index (Phi) is 4.34. The summed E-state index contributed by atoms with van der Waals surface area (Å²) >= 11 is 0. The van der Waals surface area contributed by atoms with Crippen LogP contribution in [0.1, 0.15) is 44.5 Å². The van der Waals surface area contributed by atoms with E-state index in [1.54, 1.807) is 49.4 Å². The van der Waals surface area contributed by atoms with Gasteiger partial charge in [0, 0.05) is 16.5 Å². The van der Waals surface area contributed by atoms with Gasteiger partial charge in [0.1, 0.15) is 0 Å². The first-order valence-corrected chi connectivity index (χ1v) is 9.28. The molecule has 0 spiro atoms. The van der Waals surface area contributed by atoms with E-state index < -0.39 is 23.3 Å². The molecule has 4 rings (SSSR count). The largest absolute Gasteiger partial charge is 0.468 e. The molecule has 152 valence electrons. The molecule has 1 aliphatic heterocycles. The lowest BCUT2D eigenvalue weighted by Gasteiger charge is -2.35. The fourth-order valence-electron chi connectivity index (χ4n) is 4.37. The van der Waals surface area contributed by atoms with Gasteiger partial charge in [-0.15, -0.1) is 0 Å². The van der Waals surface area contributed by atoms with Gasteiger partial charge < -0.3 is 9.47 Å². The number of aromatic nitrogens is 1. The van der Waals surface area contributed by atoms with Crippen LogP contribution in [0.5, 0.6) is 0 Å². The molecule has 0 aliphatic carbocycles. The van der Waals surface area contributed by atoms with Gasteiger partial charge in [-0.1, -0.05) is 35.9 Å². The lowest BCUT2D eigenvalue weighted by Crippen LogP contribution is -2.52. The van der Waals surface area contributed by atoms with Crippen molar-refractivity contribution in [3.63, 3.8) is 0 Å². The van der Waals surface area contributed by atoms with Gasteiger partial charge >= 0.3 is 11.9 Å². The van der Waals surface area contributed by atoms with Crippen LogP contribution < -0.4 is 0 Å². The van der Waals surface area contributed by atoms with E-state index in [4.69, 9.17) is 9.47 Å². The van der Waals surface area contributed by atoms with Gasteiger partial charge in [-0.2, -0.15) is 0 Å². The number of rotatable bonds is 3. The minimum Gasteiger partial charge on any atom is -0.468 e. The zero-order valence-electron chi connectivity index (χ0n) is 16.9. The van der Waals surface area contributed by atoms with Gasteiger partial charge in [-0.05, 0) is 31.5 Å². The van der Waals surface area contributed by atoms with Crippen LogP contribution in [-0.4, -0.2) is 42.4 Å². The molecular weight excluding hydrogens is 386 g/mol. The minimum atomic E-state index is -2.13. The van der Waals surface area contributed by atoms with Crippen LogP contribution in [0.25, 0.3) is 10.9 Å². The number of hydrogen-bond acceptors (Lipinski definition) is 6. The van der Waals surface area contributed by atoms with Crippen molar-refractivity contribution in [1.82, 2.24) is 4.57 Å². The summed E-state index contributed by atoms with van der Waals surface area (Å²) in [7, 11) is 2.30. The monoisotopic (exact) mass is 405 g/mol. The Hall–Kier alpha value is -3.74. The summed E-state index contributed by atoms with van der Waals surface area (Å²) in [6.45, 7) is 3.11. The van der Waals surface area contributed by atoms with Gasteiger partial charge in [0.15, 0.2) is 5.78 Å². The van der Waals surface area contributed by atoms with E-state index in [-0.39, 0.29) is 28.2 Å². The highest BCUT2D eigenvalue weighted by atomic mass is 16.5. The van der Waals surface area contributed by atoms with E-state index in [1.807, 2.05) is 0 Å². The number of para-hydroxylation sites is 1. The van der Waals surface area contributed by atoms with Crippen molar-refractivity contribution >= 4 is 34.5 Å². The summed E-state index contributed by atoms with van der Waals surface area (Å²) in [6, 6.07) is 11.7. The zero-order valence-corrected chi connectivity index (χ0v) is 16.9. The molecule has 0 N–H and O–H groups in total. The highest BCUT2D eigenvalue weighted by Crippen LogP contribution is 2.46. The fraction of sp³-hybridized carbons (Fsp3) is 0.217. The second-order valence-electron chi connectivity index (χ2n) is 7.22. The second kappa shape index (κ2) is 6.66. The molecule has 7 heteroatoms. The summed E-state index contributed by atoms with van der Waals surface area (Å²) in [5, 5.41) is 0.468. The number of nitrogens with zero attached hydrogens (tertiary/aromatic N) is 1. The first-order chi connectivity index (χ1) is 14.3. The molecule has 0 saturated heterocycles. The molecule has 0 fully saturated rings. The molecule has 2 aromatic carbocycles. The van der Waals surface area contributed by atoms with E-state index in [9.17, 15) is 19.2 Å². The highest BCUT2D eigenvalue weighted by molar-refractivity contribution is 6.22. The van der Waals surface area contributed by atoms with Crippen LogP contribution >= 0.6 is 0 Å². The first kappa shape index (κ1) is 19.6. The molecule has 0 unspecified atom stereocenters. The number of ketones is 1. The quantitative estimate of drug-likeness (QED) is 0.378. The third-order valence-electron chi connectivity index (χ3n) is 5.58. The predicted molar refractivity (Wildman–Crippen MR) is 108 cm³/mol. The molecular formula is C23H19NO6. The molecule has 2 heterocycles. The number of carbonyl (C=O) groups is 4. The van der Waals surface area contributed by atoms with Crippen LogP contribution in [0, 0.1) is 6.92 Å². The normalized spacial score (nSPS) is 14.1. The van der Waals surface area contributed by atoms with Crippen LogP contribution in [0.15, 0.2) is 42.5 Å². The summed E-state index contributed by atoms with van der Waals surface area (Å²) in [5.74, 6) is -2.69. The maximum Gasteiger partial charge on any atom is 0.334 e. The summed E-state index contributed by atoms with van der Waals surface area (Å²) in [4.78, 5) is 52.9. The maximum atomic E-state index is 13.5. The number of esters is 2. The minimum absolute atomic E-state index is 0.0435. The molecule has 1 aromatic heterocycles. The standard InChI is InChI=1S/C23H19NO6/c1-12-9-10-14-16(11-12)23(21(27)29-3,22(28)30-4)19-18(13(2)25)15-7-5-6-8-17(15)24(19)20(14)26/h5-11H,1-4H3. The summed E-state index contributed by atoms with van der Waals surface area (Å²) < 4.78 is 11.4. The van der Waals surface area contributed by atoms with Crippen LogP contribution in [0.3, 0.4) is 0 Å². The number of hydrogen-bond donors (Lipinski definition) is 0. The maximum absolute atomic E-state index is 13.5. The molecule has 7 nitrogen and oxygen atoms in total. The van der Waals surface area contributed by atoms with Crippen molar-refractivity contribution < 1.29 is 28.7 Å². The molecule has 0 saturated carbocycles. The lowest BCUT2D eigenvalue weighted by molar-refractivity contribution is -0.159. The number of aryl methyl sites for hydroxylation is 1. The molecule has 0 amide bonds. The van der Waals surface area contributed by atoms with Crippen molar-refractivity contribution in [1.29, 1.82) is 0 Å². The van der Waals surface area contributed by atoms with Gasteiger partial charge in [0.2, 0.25) is 5.41 Å². The second-order valence-corrected chi connectivity index (χ2v) is 7.22. The Morgan fingerprint density at radius 2 is 1.60 bits per heavy atom. The lowest BCUT2D eigenvalue weighted by atomic mass is 9.71. The summed E-state index contributed by atoms with van der Waals surface area (Å²) in [6.07, 6.45) is 0.